The molecule has 0 heterocycles. The molecule has 0 saturated carbocycles. The Kier molecular flexibility index (Phi) is 11.2. The maximum atomic E-state index is 2.35. The van der Waals surface area contributed by atoms with Gasteiger partial charge in [0.1, 0.15) is 0 Å². The third-order valence-corrected chi connectivity index (χ3v) is 27.3. The molecule has 2 heteroatoms. The fourth-order valence-corrected chi connectivity index (χ4v) is 23.6. The van der Waals surface area contributed by atoms with Gasteiger partial charge in [0, 0.05) is 0 Å². The first-order valence-electron chi connectivity index (χ1n) is 15.5. The summed E-state index contributed by atoms with van der Waals surface area (Å²) in [6.07, 6.45) is 0. The molecule has 0 N–H and O–H groups in total. The molecule has 0 fully saturated rings. The van der Waals surface area contributed by atoms with Crippen molar-refractivity contribution in [2.45, 2.75) is 41.5 Å². The van der Waals surface area contributed by atoms with E-state index in [1.165, 1.54) is 33.4 Å². The molecular weight excluding hydrogens is 742 g/mol. The Morgan fingerprint density at radius 1 is 0.227 bits per heavy atom. The van der Waals surface area contributed by atoms with Gasteiger partial charge in [-0.25, -0.2) is 0 Å². The molecule has 0 aromatic heterocycles. The second kappa shape index (κ2) is 15.3. The van der Waals surface area contributed by atoms with Crippen molar-refractivity contribution >= 4 is 61.0 Å². The van der Waals surface area contributed by atoms with E-state index in [0.717, 1.165) is 0 Å². The average Bonchev–Trinajstić information content (AvgIpc) is 3.03. The number of hydrogen-bond acceptors (Lipinski definition) is 0. The molecule has 2 radical (unpaired) electrons. The second-order valence-electron chi connectivity index (χ2n) is 11.6. The molecule has 0 bridgehead atoms. The summed E-state index contributed by atoms with van der Waals surface area (Å²) in [5.74, 6) is 0. The van der Waals surface area contributed by atoms with Crippen LogP contribution in [0.15, 0.2) is 146 Å². The van der Waals surface area contributed by atoms with Gasteiger partial charge in [0.25, 0.3) is 0 Å². The van der Waals surface area contributed by atoms with Crippen molar-refractivity contribution in [3.63, 3.8) is 0 Å². The Labute approximate surface area is 279 Å². The van der Waals surface area contributed by atoms with Gasteiger partial charge in [0.2, 0.25) is 0 Å². The number of benzene rings is 6. The molecule has 0 saturated heterocycles. The summed E-state index contributed by atoms with van der Waals surface area (Å²) >= 11 is -4.29. The Balaban J connectivity index is 0.000000175. The quantitative estimate of drug-likeness (QED) is 0.175. The van der Waals surface area contributed by atoms with E-state index < -0.39 is 39.5 Å². The molecule has 0 aliphatic rings. The Hall–Kier alpha value is -3.08. The van der Waals surface area contributed by atoms with Crippen LogP contribution in [0.3, 0.4) is 0 Å². The summed E-state index contributed by atoms with van der Waals surface area (Å²) in [6, 6.07) is 53.7. The normalized spacial score (nSPS) is 10.9. The number of hydrogen-bond donors (Lipinski definition) is 0. The van der Waals surface area contributed by atoms with Crippen LogP contribution < -0.4 is 21.5 Å². The molecule has 0 spiro atoms. The molecule has 0 nitrogen and oxygen atoms in total. The van der Waals surface area contributed by atoms with Crippen molar-refractivity contribution in [3.8, 4) is 0 Å². The van der Waals surface area contributed by atoms with Crippen LogP contribution in [-0.4, -0.2) is 39.5 Å². The molecule has 0 amide bonds. The molecular formula is C42H42Sn2. The Morgan fingerprint density at radius 3 is 0.500 bits per heavy atom. The third kappa shape index (κ3) is 7.41. The van der Waals surface area contributed by atoms with E-state index in [4.69, 9.17) is 0 Å². The number of aryl methyl sites for hydroxylation is 6. The van der Waals surface area contributed by atoms with E-state index in [9.17, 15) is 0 Å². The van der Waals surface area contributed by atoms with E-state index in [-0.39, 0.29) is 0 Å². The van der Waals surface area contributed by atoms with Crippen LogP contribution >= 0.6 is 0 Å². The van der Waals surface area contributed by atoms with E-state index >= 15 is 0 Å². The fraction of sp³-hybridized carbons (Fsp3) is 0.143. The second-order valence-corrected chi connectivity index (χ2v) is 25.1. The standard InChI is InChI=1S/6C7H7.2Sn/c6*1-7-5-3-2-4-6-7;;/h6*2-5H,1H3;;. The van der Waals surface area contributed by atoms with Crippen LogP contribution in [0.5, 0.6) is 0 Å². The van der Waals surface area contributed by atoms with Gasteiger partial charge in [-0.3, -0.25) is 0 Å². The summed E-state index contributed by atoms with van der Waals surface area (Å²) in [4.78, 5) is 0. The van der Waals surface area contributed by atoms with Crippen LogP contribution in [0.1, 0.15) is 33.4 Å². The molecule has 6 aromatic rings. The van der Waals surface area contributed by atoms with Gasteiger partial charge in [-0.05, 0) is 0 Å². The average molecular weight is 784 g/mol. The van der Waals surface area contributed by atoms with Crippen LogP contribution in [0.2, 0.25) is 0 Å². The van der Waals surface area contributed by atoms with E-state index in [1.54, 1.807) is 21.5 Å². The molecule has 6 aromatic carbocycles. The van der Waals surface area contributed by atoms with Crippen molar-refractivity contribution in [2.75, 3.05) is 0 Å². The van der Waals surface area contributed by atoms with Crippen LogP contribution in [0.25, 0.3) is 0 Å². The molecule has 0 atom stereocenters. The van der Waals surface area contributed by atoms with Gasteiger partial charge in [-0.2, -0.15) is 0 Å². The molecule has 0 aliphatic heterocycles. The minimum absolute atomic E-state index is 1.43. The zero-order valence-electron chi connectivity index (χ0n) is 26.9. The zero-order valence-corrected chi connectivity index (χ0v) is 32.6. The van der Waals surface area contributed by atoms with Gasteiger partial charge in [-0.15, -0.1) is 0 Å². The van der Waals surface area contributed by atoms with Gasteiger partial charge < -0.3 is 0 Å². The van der Waals surface area contributed by atoms with Crippen LogP contribution in [0, 0.1) is 41.5 Å². The first-order valence-corrected chi connectivity index (χ1v) is 24.0. The third-order valence-electron chi connectivity index (χ3n) is 8.49. The number of rotatable bonds is 6. The molecule has 0 aliphatic carbocycles. The Morgan fingerprint density at radius 2 is 0.364 bits per heavy atom. The monoisotopic (exact) mass is 786 g/mol. The molecule has 44 heavy (non-hydrogen) atoms. The van der Waals surface area contributed by atoms with Gasteiger partial charge in [0.15, 0.2) is 0 Å². The minimum atomic E-state index is -2.14. The molecule has 218 valence electrons. The molecule has 6 rings (SSSR count). The summed E-state index contributed by atoms with van der Waals surface area (Å²) in [5, 5.41) is 0. The van der Waals surface area contributed by atoms with Crippen LogP contribution in [0.4, 0.5) is 0 Å². The SMILES string of the molecule is Cc1cccc[c]1[Sn]([c]1ccccc1C)[c]1ccccc1C.Cc1cccc[c]1[Sn]([c]1ccccc1C)[c]1ccccc1C. The first-order chi connectivity index (χ1) is 21.4. The maximum absolute atomic E-state index is 2.35. The van der Waals surface area contributed by atoms with E-state index in [1.807, 2.05) is 0 Å². The summed E-state index contributed by atoms with van der Waals surface area (Å²) in [6.45, 7) is 13.5. The van der Waals surface area contributed by atoms with Crippen molar-refractivity contribution in [1.29, 1.82) is 0 Å². The predicted octanol–water partition coefficient (Wildman–Crippen LogP) is 6.26. The van der Waals surface area contributed by atoms with Crippen LogP contribution in [-0.2, 0) is 0 Å². The van der Waals surface area contributed by atoms with Crippen molar-refractivity contribution in [3.05, 3.63) is 179 Å². The summed E-state index contributed by atoms with van der Waals surface area (Å²) < 4.78 is 9.55. The van der Waals surface area contributed by atoms with Crippen molar-refractivity contribution in [2.24, 2.45) is 0 Å². The fourth-order valence-electron chi connectivity index (χ4n) is 5.99. The summed E-state index contributed by atoms with van der Waals surface area (Å²) in [7, 11) is 0. The van der Waals surface area contributed by atoms with Gasteiger partial charge >= 0.3 is 282 Å². The van der Waals surface area contributed by atoms with Crippen molar-refractivity contribution < 1.29 is 0 Å². The predicted molar refractivity (Wildman–Crippen MR) is 196 cm³/mol. The van der Waals surface area contributed by atoms with E-state index in [2.05, 4.69) is 187 Å². The van der Waals surface area contributed by atoms with Gasteiger partial charge in [0.05, 0.1) is 0 Å². The van der Waals surface area contributed by atoms with Gasteiger partial charge in [-0.1, -0.05) is 0 Å². The molecule has 0 unspecified atom stereocenters. The van der Waals surface area contributed by atoms with Crippen molar-refractivity contribution in [1.82, 2.24) is 0 Å². The summed E-state index contributed by atoms with van der Waals surface area (Å²) in [5.41, 5.74) is 8.60. The topological polar surface area (TPSA) is 0 Å². The van der Waals surface area contributed by atoms with E-state index in [0.29, 0.717) is 0 Å². The first kappa shape index (κ1) is 32.3. The Bertz CT molecular complexity index is 1500. The zero-order chi connectivity index (χ0) is 31.1.